The van der Waals surface area contributed by atoms with Gasteiger partial charge in [0, 0.05) is 31.4 Å². The molecular formula is C30H36N8O3. The number of nitrogens with one attached hydrogen (secondary N) is 4. The van der Waals surface area contributed by atoms with E-state index in [1.807, 2.05) is 36.4 Å². The first-order chi connectivity index (χ1) is 20.2. The summed E-state index contributed by atoms with van der Waals surface area (Å²) in [6.07, 6.45) is 1.75. The predicted octanol–water partition coefficient (Wildman–Crippen LogP) is 3.67. The fourth-order valence-corrected chi connectivity index (χ4v) is 3.66. The topological polar surface area (TPSA) is 135 Å². The fraction of sp³-hybridized carbons (Fsp3) is 0.300. The van der Waals surface area contributed by atoms with Gasteiger partial charge in [0.1, 0.15) is 0 Å². The van der Waals surface area contributed by atoms with E-state index in [-0.39, 0.29) is 5.91 Å². The van der Waals surface area contributed by atoms with Gasteiger partial charge in [-0.2, -0.15) is 15.0 Å². The lowest BCUT2D eigenvalue weighted by Crippen LogP contribution is -2.27. The molecule has 2 aromatic heterocycles. The van der Waals surface area contributed by atoms with E-state index in [0.29, 0.717) is 76.0 Å². The van der Waals surface area contributed by atoms with Crippen LogP contribution in [0.15, 0.2) is 79.0 Å². The van der Waals surface area contributed by atoms with Gasteiger partial charge in [-0.05, 0) is 36.8 Å². The van der Waals surface area contributed by atoms with Gasteiger partial charge >= 0.3 is 0 Å². The monoisotopic (exact) mass is 556 g/mol. The van der Waals surface area contributed by atoms with Crippen molar-refractivity contribution >= 4 is 23.8 Å². The van der Waals surface area contributed by atoms with Crippen molar-refractivity contribution in [1.29, 1.82) is 0 Å². The van der Waals surface area contributed by atoms with Gasteiger partial charge in [-0.15, -0.1) is 0 Å². The standard InChI is InChI=1S/C30H36N8O3/c1-23-10-12-24(13-11-23)21-34-29-36-28(37-30(38-29)35-22-26-9-5-6-14-31-26)33-16-18-41-20-19-40-17-15-32-27(39)25-7-3-2-4-8-25/h2-14H,15-22H2,1H3,(H,32,39)(H3,33,34,35,36,37,38). The molecule has 0 fully saturated rings. The average Bonchev–Trinajstić information content (AvgIpc) is 3.01. The van der Waals surface area contributed by atoms with Crippen LogP contribution in [-0.4, -0.2) is 65.4 Å². The number of rotatable bonds is 17. The first-order valence-corrected chi connectivity index (χ1v) is 13.6. The van der Waals surface area contributed by atoms with Gasteiger partial charge in [-0.25, -0.2) is 0 Å². The molecule has 41 heavy (non-hydrogen) atoms. The normalized spacial score (nSPS) is 10.7. The average molecular weight is 557 g/mol. The maximum absolute atomic E-state index is 12.0. The van der Waals surface area contributed by atoms with Crippen LogP contribution >= 0.6 is 0 Å². The van der Waals surface area contributed by atoms with E-state index >= 15 is 0 Å². The Morgan fingerprint density at radius 2 is 1.32 bits per heavy atom. The van der Waals surface area contributed by atoms with E-state index in [2.05, 4.69) is 72.4 Å². The lowest BCUT2D eigenvalue weighted by atomic mass is 10.1. The highest BCUT2D eigenvalue weighted by atomic mass is 16.5. The summed E-state index contributed by atoms with van der Waals surface area (Å²) in [6.45, 7) is 5.81. The van der Waals surface area contributed by atoms with E-state index in [1.165, 1.54) is 5.56 Å². The van der Waals surface area contributed by atoms with Crippen molar-refractivity contribution in [3.05, 3.63) is 101 Å². The first-order valence-electron chi connectivity index (χ1n) is 13.6. The number of carbonyl (C=O) groups excluding carboxylic acids is 1. The number of anilines is 3. The maximum Gasteiger partial charge on any atom is 0.251 e. The minimum atomic E-state index is -0.113. The second kappa shape index (κ2) is 16.5. The van der Waals surface area contributed by atoms with Crippen LogP contribution in [-0.2, 0) is 22.6 Å². The summed E-state index contributed by atoms with van der Waals surface area (Å²) in [6, 6.07) is 23.1. The van der Waals surface area contributed by atoms with Crippen molar-refractivity contribution in [2.75, 3.05) is 55.5 Å². The molecule has 1 amide bonds. The molecule has 4 N–H and O–H groups in total. The van der Waals surface area contributed by atoms with Gasteiger partial charge in [-0.1, -0.05) is 54.1 Å². The third-order valence-corrected chi connectivity index (χ3v) is 5.83. The van der Waals surface area contributed by atoms with Crippen LogP contribution in [0.25, 0.3) is 0 Å². The second-order valence-electron chi connectivity index (χ2n) is 9.09. The summed E-state index contributed by atoms with van der Waals surface area (Å²) in [5, 5.41) is 12.5. The number of benzene rings is 2. The molecule has 214 valence electrons. The summed E-state index contributed by atoms with van der Waals surface area (Å²) in [5.41, 5.74) is 3.85. The van der Waals surface area contributed by atoms with Gasteiger partial charge < -0.3 is 30.7 Å². The highest BCUT2D eigenvalue weighted by Gasteiger charge is 2.08. The second-order valence-corrected chi connectivity index (χ2v) is 9.09. The third-order valence-electron chi connectivity index (χ3n) is 5.83. The number of aryl methyl sites for hydroxylation is 1. The zero-order chi connectivity index (χ0) is 28.5. The zero-order valence-corrected chi connectivity index (χ0v) is 23.2. The van der Waals surface area contributed by atoms with Crippen LogP contribution in [0.5, 0.6) is 0 Å². The Labute approximate surface area is 240 Å². The smallest absolute Gasteiger partial charge is 0.251 e. The molecule has 0 aliphatic heterocycles. The number of aromatic nitrogens is 4. The molecule has 0 bridgehead atoms. The molecule has 0 unspecified atom stereocenters. The molecule has 4 aromatic rings. The predicted molar refractivity (Wildman–Crippen MR) is 159 cm³/mol. The van der Waals surface area contributed by atoms with E-state index in [0.717, 1.165) is 11.3 Å². The van der Waals surface area contributed by atoms with Gasteiger partial charge in [0.2, 0.25) is 17.8 Å². The van der Waals surface area contributed by atoms with E-state index in [4.69, 9.17) is 9.47 Å². The molecule has 11 heteroatoms. The minimum absolute atomic E-state index is 0.113. The summed E-state index contributed by atoms with van der Waals surface area (Å²) >= 11 is 0. The van der Waals surface area contributed by atoms with Crippen molar-refractivity contribution in [3.8, 4) is 0 Å². The molecule has 11 nitrogen and oxygen atoms in total. The fourth-order valence-electron chi connectivity index (χ4n) is 3.66. The van der Waals surface area contributed by atoms with E-state index in [1.54, 1.807) is 18.3 Å². The molecule has 2 aromatic carbocycles. The van der Waals surface area contributed by atoms with Gasteiger partial charge in [0.05, 0.1) is 38.7 Å². The molecule has 4 rings (SSSR count). The van der Waals surface area contributed by atoms with Crippen molar-refractivity contribution in [3.63, 3.8) is 0 Å². The van der Waals surface area contributed by atoms with E-state index < -0.39 is 0 Å². The molecule has 0 saturated heterocycles. The highest BCUT2D eigenvalue weighted by molar-refractivity contribution is 5.94. The van der Waals surface area contributed by atoms with E-state index in [9.17, 15) is 4.79 Å². The van der Waals surface area contributed by atoms with Crippen LogP contribution in [0.3, 0.4) is 0 Å². The molecule has 0 saturated carbocycles. The molecular weight excluding hydrogens is 520 g/mol. The number of carbonyl (C=O) groups is 1. The Bertz CT molecular complexity index is 1320. The summed E-state index contributed by atoms with van der Waals surface area (Å²) < 4.78 is 11.2. The minimum Gasteiger partial charge on any atom is -0.377 e. The first kappa shape index (κ1) is 29.4. The number of pyridine rings is 1. The van der Waals surface area contributed by atoms with Gasteiger partial charge in [0.15, 0.2) is 0 Å². The van der Waals surface area contributed by atoms with Gasteiger partial charge in [-0.3, -0.25) is 9.78 Å². The number of amides is 1. The quantitative estimate of drug-likeness (QED) is 0.143. The number of hydrogen-bond acceptors (Lipinski definition) is 10. The summed E-state index contributed by atoms with van der Waals surface area (Å²) in [5.74, 6) is 1.22. The van der Waals surface area contributed by atoms with Crippen molar-refractivity contribution in [2.24, 2.45) is 0 Å². The number of ether oxygens (including phenoxy) is 2. The van der Waals surface area contributed by atoms with Crippen LogP contribution in [0.2, 0.25) is 0 Å². The zero-order valence-electron chi connectivity index (χ0n) is 23.2. The lowest BCUT2D eigenvalue weighted by molar-refractivity contribution is 0.0519. The largest absolute Gasteiger partial charge is 0.377 e. The Kier molecular flexibility index (Phi) is 11.8. The number of nitrogens with zero attached hydrogens (tertiary/aromatic N) is 4. The molecule has 0 spiro atoms. The summed E-state index contributed by atoms with van der Waals surface area (Å²) in [4.78, 5) is 29.9. The third kappa shape index (κ3) is 10.8. The SMILES string of the molecule is Cc1ccc(CNc2nc(NCCOCCOCCNC(=O)c3ccccc3)nc(NCc3ccccn3)n2)cc1. The molecule has 0 aliphatic carbocycles. The van der Waals surface area contributed by atoms with Gasteiger partial charge in [0.25, 0.3) is 5.91 Å². The van der Waals surface area contributed by atoms with Crippen molar-refractivity contribution in [1.82, 2.24) is 25.3 Å². The molecule has 0 aliphatic rings. The molecule has 0 atom stereocenters. The van der Waals surface area contributed by atoms with Crippen LogP contribution in [0, 0.1) is 6.92 Å². The van der Waals surface area contributed by atoms with Crippen molar-refractivity contribution < 1.29 is 14.3 Å². The maximum atomic E-state index is 12.0. The van der Waals surface area contributed by atoms with Crippen LogP contribution in [0.1, 0.15) is 27.2 Å². The van der Waals surface area contributed by atoms with Crippen molar-refractivity contribution in [2.45, 2.75) is 20.0 Å². The Hall–Kier alpha value is -4.61. The summed E-state index contributed by atoms with van der Waals surface area (Å²) in [7, 11) is 0. The Balaban J connectivity index is 1.17. The molecule has 2 heterocycles. The van der Waals surface area contributed by atoms with Crippen LogP contribution in [0.4, 0.5) is 17.8 Å². The Morgan fingerprint density at radius 3 is 2.00 bits per heavy atom. The molecule has 0 radical (unpaired) electrons. The Morgan fingerprint density at radius 1 is 0.683 bits per heavy atom. The lowest BCUT2D eigenvalue weighted by Gasteiger charge is -2.12. The number of hydrogen-bond donors (Lipinski definition) is 4. The highest BCUT2D eigenvalue weighted by Crippen LogP contribution is 2.12. The van der Waals surface area contributed by atoms with Crippen LogP contribution < -0.4 is 21.3 Å².